The Morgan fingerprint density at radius 3 is 2.45 bits per heavy atom. The van der Waals surface area contributed by atoms with E-state index in [-0.39, 0.29) is 5.97 Å². The van der Waals surface area contributed by atoms with Crippen LogP contribution in [0.5, 0.6) is 0 Å². The maximum atomic E-state index is 11.5. The number of benzene rings is 1. The van der Waals surface area contributed by atoms with E-state index in [4.69, 9.17) is 4.74 Å². The lowest BCUT2D eigenvalue weighted by Crippen LogP contribution is -2.27. The first kappa shape index (κ1) is 16.7. The Bertz CT molecular complexity index is 388. The molecule has 112 valence electrons. The maximum Gasteiger partial charge on any atom is 0.311 e. The van der Waals surface area contributed by atoms with Crippen LogP contribution in [0.2, 0.25) is 0 Å². The summed E-state index contributed by atoms with van der Waals surface area (Å²) in [5.74, 6) is -0.278. The number of ether oxygens (including phenoxy) is 1. The Balaban J connectivity index is 2.31. The summed E-state index contributed by atoms with van der Waals surface area (Å²) in [5, 5.41) is 10.00. The minimum Gasteiger partial charge on any atom is -0.466 e. The molecule has 0 aliphatic rings. The van der Waals surface area contributed by atoms with Gasteiger partial charge in [-0.25, -0.2) is 0 Å². The molecule has 0 saturated carbocycles. The Morgan fingerprint density at radius 2 is 1.85 bits per heavy atom. The maximum absolute atomic E-state index is 11.5. The van der Waals surface area contributed by atoms with Gasteiger partial charge in [0.1, 0.15) is 0 Å². The zero-order chi connectivity index (χ0) is 15.0. The average molecular weight is 278 g/mol. The van der Waals surface area contributed by atoms with Gasteiger partial charge >= 0.3 is 5.97 Å². The molecule has 0 radical (unpaired) electrons. The zero-order valence-corrected chi connectivity index (χ0v) is 12.7. The SMILES string of the molecule is CCOC(=O)C(C)C(O)CCCC(C)c1ccccc1. The Labute approximate surface area is 122 Å². The van der Waals surface area contributed by atoms with Crippen LogP contribution >= 0.6 is 0 Å². The highest BCUT2D eigenvalue weighted by Crippen LogP contribution is 2.22. The van der Waals surface area contributed by atoms with Crippen molar-refractivity contribution in [2.45, 2.75) is 52.1 Å². The molecule has 3 unspecified atom stereocenters. The summed E-state index contributed by atoms with van der Waals surface area (Å²) >= 11 is 0. The fraction of sp³-hybridized carbons (Fsp3) is 0.588. The number of carbonyl (C=O) groups excluding carboxylic acids is 1. The molecule has 0 saturated heterocycles. The summed E-state index contributed by atoms with van der Waals surface area (Å²) < 4.78 is 4.92. The molecule has 0 bridgehead atoms. The quantitative estimate of drug-likeness (QED) is 0.740. The Hall–Kier alpha value is -1.35. The fourth-order valence-corrected chi connectivity index (χ4v) is 2.26. The fourth-order valence-electron chi connectivity index (χ4n) is 2.26. The van der Waals surface area contributed by atoms with Crippen molar-refractivity contribution in [1.29, 1.82) is 0 Å². The van der Waals surface area contributed by atoms with Crippen LogP contribution in [-0.2, 0) is 9.53 Å². The topological polar surface area (TPSA) is 46.5 Å². The van der Waals surface area contributed by atoms with E-state index >= 15 is 0 Å². The van der Waals surface area contributed by atoms with Crippen LogP contribution in [0.4, 0.5) is 0 Å². The van der Waals surface area contributed by atoms with Gasteiger partial charge < -0.3 is 9.84 Å². The molecule has 1 aromatic rings. The summed E-state index contributed by atoms with van der Waals surface area (Å²) in [6.07, 6.45) is 1.94. The lowest BCUT2D eigenvalue weighted by Gasteiger charge is -2.18. The molecule has 20 heavy (non-hydrogen) atoms. The van der Waals surface area contributed by atoms with Crippen LogP contribution in [-0.4, -0.2) is 23.8 Å². The van der Waals surface area contributed by atoms with Gasteiger partial charge in [0.25, 0.3) is 0 Å². The summed E-state index contributed by atoms with van der Waals surface area (Å²) in [7, 11) is 0. The van der Waals surface area contributed by atoms with Gasteiger partial charge in [-0.15, -0.1) is 0 Å². The third-order valence-corrected chi connectivity index (χ3v) is 3.74. The number of aliphatic hydroxyl groups excluding tert-OH is 1. The number of esters is 1. The molecule has 3 atom stereocenters. The molecule has 1 aromatic carbocycles. The highest BCUT2D eigenvalue weighted by molar-refractivity contribution is 5.72. The van der Waals surface area contributed by atoms with Gasteiger partial charge in [-0.3, -0.25) is 4.79 Å². The van der Waals surface area contributed by atoms with E-state index in [1.807, 2.05) is 18.2 Å². The highest BCUT2D eigenvalue weighted by Gasteiger charge is 2.22. The van der Waals surface area contributed by atoms with Crippen molar-refractivity contribution in [3.8, 4) is 0 Å². The van der Waals surface area contributed by atoms with E-state index in [9.17, 15) is 9.90 Å². The normalized spacial score (nSPS) is 15.4. The third-order valence-electron chi connectivity index (χ3n) is 3.74. The Kier molecular flexibility index (Phi) is 7.31. The summed E-state index contributed by atoms with van der Waals surface area (Å²) in [6, 6.07) is 10.4. The van der Waals surface area contributed by atoms with E-state index in [1.54, 1.807) is 13.8 Å². The standard InChI is InChI=1S/C17H26O3/c1-4-20-17(19)14(3)16(18)12-8-9-13(2)15-10-6-5-7-11-15/h5-7,10-11,13-14,16,18H,4,8-9,12H2,1-3H3. The minimum atomic E-state index is -0.614. The van der Waals surface area contributed by atoms with Crippen LogP contribution < -0.4 is 0 Å². The second kappa shape index (κ2) is 8.75. The molecule has 0 aliphatic carbocycles. The number of aliphatic hydroxyl groups is 1. The first-order chi connectivity index (χ1) is 9.56. The van der Waals surface area contributed by atoms with Crippen molar-refractivity contribution in [2.24, 2.45) is 5.92 Å². The van der Waals surface area contributed by atoms with Gasteiger partial charge in [0.2, 0.25) is 0 Å². The van der Waals surface area contributed by atoms with Gasteiger partial charge in [-0.2, -0.15) is 0 Å². The van der Waals surface area contributed by atoms with Crippen molar-refractivity contribution in [3.63, 3.8) is 0 Å². The van der Waals surface area contributed by atoms with Crippen molar-refractivity contribution >= 4 is 5.97 Å². The van der Waals surface area contributed by atoms with Crippen molar-refractivity contribution < 1.29 is 14.6 Å². The van der Waals surface area contributed by atoms with Crippen LogP contribution in [0.1, 0.15) is 51.5 Å². The third kappa shape index (κ3) is 5.33. The second-order valence-corrected chi connectivity index (χ2v) is 5.35. The van der Waals surface area contributed by atoms with Crippen molar-refractivity contribution in [2.75, 3.05) is 6.61 Å². The van der Waals surface area contributed by atoms with Crippen LogP contribution in [0, 0.1) is 5.92 Å². The molecule has 0 amide bonds. The van der Waals surface area contributed by atoms with E-state index in [2.05, 4.69) is 19.1 Å². The van der Waals surface area contributed by atoms with E-state index in [0.717, 1.165) is 12.8 Å². The summed E-state index contributed by atoms with van der Waals surface area (Å²) in [4.78, 5) is 11.5. The second-order valence-electron chi connectivity index (χ2n) is 5.35. The molecular formula is C17H26O3. The van der Waals surface area contributed by atoms with E-state index in [0.29, 0.717) is 18.9 Å². The lowest BCUT2D eigenvalue weighted by molar-refractivity contribution is -0.151. The smallest absolute Gasteiger partial charge is 0.311 e. The average Bonchev–Trinajstić information content (AvgIpc) is 2.47. The molecule has 0 fully saturated rings. The van der Waals surface area contributed by atoms with E-state index < -0.39 is 12.0 Å². The largest absolute Gasteiger partial charge is 0.466 e. The molecule has 3 heteroatoms. The van der Waals surface area contributed by atoms with Gasteiger partial charge in [-0.1, -0.05) is 43.7 Å². The minimum absolute atomic E-state index is 0.309. The molecule has 0 aliphatic heterocycles. The number of rotatable bonds is 8. The predicted octanol–water partition coefficient (Wildman–Crippen LogP) is 3.52. The molecular weight excluding hydrogens is 252 g/mol. The van der Waals surface area contributed by atoms with Gasteiger partial charge in [-0.05, 0) is 38.2 Å². The zero-order valence-electron chi connectivity index (χ0n) is 12.7. The first-order valence-electron chi connectivity index (χ1n) is 7.45. The van der Waals surface area contributed by atoms with Gasteiger partial charge in [0, 0.05) is 0 Å². The molecule has 0 heterocycles. The predicted molar refractivity (Wildman–Crippen MR) is 80.5 cm³/mol. The molecule has 3 nitrogen and oxygen atoms in total. The molecule has 0 aromatic heterocycles. The highest BCUT2D eigenvalue weighted by atomic mass is 16.5. The first-order valence-corrected chi connectivity index (χ1v) is 7.45. The summed E-state index contributed by atoms with van der Waals surface area (Å²) in [6.45, 7) is 6.05. The summed E-state index contributed by atoms with van der Waals surface area (Å²) in [5.41, 5.74) is 1.32. The van der Waals surface area contributed by atoms with Crippen LogP contribution in [0.15, 0.2) is 30.3 Å². The van der Waals surface area contributed by atoms with E-state index in [1.165, 1.54) is 5.56 Å². The van der Waals surface area contributed by atoms with Crippen LogP contribution in [0.3, 0.4) is 0 Å². The van der Waals surface area contributed by atoms with Gasteiger partial charge in [0.05, 0.1) is 18.6 Å². The number of hydrogen-bond acceptors (Lipinski definition) is 3. The lowest BCUT2D eigenvalue weighted by atomic mass is 9.92. The van der Waals surface area contributed by atoms with Crippen molar-refractivity contribution in [3.05, 3.63) is 35.9 Å². The molecule has 1 rings (SSSR count). The van der Waals surface area contributed by atoms with Crippen molar-refractivity contribution in [1.82, 2.24) is 0 Å². The number of hydrogen-bond donors (Lipinski definition) is 1. The monoisotopic (exact) mass is 278 g/mol. The number of carbonyl (C=O) groups is 1. The van der Waals surface area contributed by atoms with Crippen LogP contribution in [0.25, 0.3) is 0 Å². The Morgan fingerprint density at radius 1 is 1.20 bits per heavy atom. The molecule has 0 spiro atoms. The molecule has 1 N–H and O–H groups in total. The van der Waals surface area contributed by atoms with Gasteiger partial charge in [0.15, 0.2) is 0 Å².